The van der Waals surface area contributed by atoms with Crippen LogP contribution in [0.15, 0.2) is 77.7 Å². The molecule has 0 saturated heterocycles. The van der Waals surface area contributed by atoms with Crippen LogP contribution in [0.25, 0.3) is 0 Å². The summed E-state index contributed by atoms with van der Waals surface area (Å²) in [5, 5.41) is 3.69. The third-order valence-electron chi connectivity index (χ3n) is 4.54. The van der Waals surface area contributed by atoms with Gasteiger partial charge in [-0.3, -0.25) is 4.79 Å². The van der Waals surface area contributed by atoms with Gasteiger partial charge in [0.1, 0.15) is 5.75 Å². The Balaban J connectivity index is 1.45. The lowest BCUT2D eigenvalue weighted by molar-refractivity contribution is -0.123. The third-order valence-corrected chi connectivity index (χ3v) is 6.61. The van der Waals surface area contributed by atoms with Crippen LogP contribution in [0.4, 0.5) is 0 Å². The number of halogens is 2. The Morgan fingerprint density at radius 3 is 2.34 bits per heavy atom. The van der Waals surface area contributed by atoms with Crippen molar-refractivity contribution in [1.82, 2.24) is 10.0 Å². The maximum absolute atomic E-state index is 12.4. The SMILES string of the molecule is O=C(COc1ccc(S(=O)(=O)NCCc2ccccc2)cc1)NCc1ccc(Cl)cc1Cl. The topological polar surface area (TPSA) is 84.5 Å². The van der Waals surface area contributed by atoms with Crippen LogP contribution < -0.4 is 14.8 Å². The number of nitrogens with one attached hydrogen (secondary N) is 2. The van der Waals surface area contributed by atoms with Crippen molar-refractivity contribution in [2.75, 3.05) is 13.2 Å². The largest absolute Gasteiger partial charge is 0.484 e. The van der Waals surface area contributed by atoms with E-state index >= 15 is 0 Å². The zero-order chi connectivity index (χ0) is 23.0. The van der Waals surface area contributed by atoms with Gasteiger partial charge in [-0.1, -0.05) is 59.6 Å². The monoisotopic (exact) mass is 492 g/mol. The Bertz CT molecular complexity index is 1150. The van der Waals surface area contributed by atoms with Crippen molar-refractivity contribution in [1.29, 1.82) is 0 Å². The average molecular weight is 493 g/mol. The molecule has 3 aromatic rings. The highest BCUT2D eigenvalue weighted by atomic mass is 35.5. The highest BCUT2D eigenvalue weighted by Gasteiger charge is 2.14. The Morgan fingerprint density at radius 1 is 0.938 bits per heavy atom. The molecule has 6 nitrogen and oxygen atoms in total. The summed E-state index contributed by atoms with van der Waals surface area (Å²) in [6.07, 6.45) is 0.595. The second-order valence-corrected chi connectivity index (χ2v) is 9.52. The van der Waals surface area contributed by atoms with Crippen molar-refractivity contribution in [3.63, 3.8) is 0 Å². The van der Waals surface area contributed by atoms with Crippen molar-refractivity contribution in [2.24, 2.45) is 0 Å². The number of benzene rings is 3. The second kappa shape index (κ2) is 11.3. The van der Waals surface area contributed by atoms with E-state index in [4.69, 9.17) is 27.9 Å². The summed E-state index contributed by atoms with van der Waals surface area (Å²) in [7, 11) is -3.63. The fourth-order valence-electron chi connectivity index (χ4n) is 2.83. The van der Waals surface area contributed by atoms with Crippen molar-refractivity contribution < 1.29 is 17.9 Å². The number of sulfonamides is 1. The summed E-state index contributed by atoms with van der Waals surface area (Å²) >= 11 is 11.9. The van der Waals surface area contributed by atoms with E-state index in [2.05, 4.69) is 10.0 Å². The first kappa shape index (κ1) is 24.1. The summed E-state index contributed by atoms with van der Waals surface area (Å²) in [5.74, 6) is 0.0446. The molecule has 0 bridgehead atoms. The molecule has 0 aromatic heterocycles. The summed E-state index contributed by atoms with van der Waals surface area (Å²) in [6.45, 7) is 0.319. The predicted octanol–water partition coefficient (Wildman–Crippen LogP) is 4.21. The number of hydrogen-bond acceptors (Lipinski definition) is 4. The maximum Gasteiger partial charge on any atom is 0.258 e. The molecule has 3 aromatic carbocycles. The number of rotatable bonds is 10. The molecule has 0 fully saturated rings. The number of amides is 1. The summed E-state index contributed by atoms with van der Waals surface area (Å²) < 4.78 is 32.9. The van der Waals surface area contributed by atoms with Crippen LogP contribution >= 0.6 is 23.2 Å². The highest BCUT2D eigenvalue weighted by Crippen LogP contribution is 2.21. The van der Waals surface area contributed by atoms with Gasteiger partial charge < -0.3 is 10.1 Å². The molecule has 0 unspecified atom stereocenters. The van der Waals surface area contributed by atoms with Crippen LogP contribution in [0.1, 0.15) is 11.1 Å². The number of carbonyl (C=O) groups excluding carboxylic acids is 1. The van der Waals surface area contributed by atoms with E-state index in [0.29, 0.717) is 28.8 Å². The van der Waals surface area contributed by atoms with Crippen LogP contribution in [-0.2, 0) is 27.8 Å². The van der Waals surface area contributed by atoms with Crippen molar-refractivity contribution in [3.8, 4) is 5.75 Å². The third kappa shape index (κ3) is 7.24. The molecule has 0 heterocycles. The van der Waals surface area contributed by atoms with Gasteiger partial charge in [-0.15, -0.1) is 0 Å². The standard InChI is InChI=1S/C23H22Cl2N2O4S/c24-19-7-6-18(22(25)14-19)15-26-23(28)16-31-20-8-10-21(11-9-20)32(29,30)27-13-12-17-4-2-1-3-5-17/h1-11,14,27H,12-13,15-16H2,(H,26,28). The zero-order valence-electron chi connectivity index (χ0n) is 17.1. The Hall–Kier alpha value is -2.58. The fourth-order valence-corrected chi connectivity index (χ4v) is 4.34. The predicted molar refractivity (Wildman–Crippen MR) is 126 cm³/mol. The van der Waals surface area contributed by atoms with E-state index < -0.39 is 10.0 Å². The van der Waals surface area contributed by atoms with Crippen molar-refractivity contribution >= 4 is 39.1 Å². The van der Waals surface area contributed by atoms with E-state index in [1.165, 1.54) is 24.3 Å². The number of ether oxygens (including phenoxy) is 1. The highest BCUT2D eigenvalue weighted by molar-refractivity contribution is 7.89. The van der Waals surface area contributed by atoms with E-state index in [1.54, 1.807) is 18.2 Å². The first-order valence-corrected chi connectivity index (χ1v) is 12.0. The van der Waals surface area contributed by atoms with Gasteiger partial charge in [0.2, 0.25) is 10.0 Å². The fraction of sp³-hybridized carbons (Fsp3) is 0.174. The van der Waals surface area contributed by atoms with Crippen LogP contribution in [0, 0.1) is 0 Å². The minimum atomic E-state index is -3.63. The lowest BCUT2D eigenvalue weighted by Crippen LogP contribution is -2.28. The van der Waals surface area contributed by atoms with Gasteiger partial charge in [0.05, 0.1) is 4.90 Å². The minimum Gasteiger partial charge on any atom is -0.484 e. The maximum atomic E-state index is 12.4. The summed E-state index contributed by atoms with van der Waals surface area (Å²) in [5.41, 5.74) is 1.79. The van der Waals surface area contributed by atoms with Crippen LogP contribution in [-0.4, -0.2) is 27.5 Å². The molecule has 0 atom stereocenters. The summed E-state index contributed by atoms with van der Waals surface area (Å²) in [6, 6.07) is 20.5. The second-order valence-electron chi connectivity index (χ2n) is 6.91. The molecular formula is C23H22Cl2N2O4S. The first-order chi connectivity index (χ1) is 15.3. The van der Waals surface area contributed by atoms with E-state index in [0.717, 1.165) is 11.1 Å². The normalized spacial score (nSPS) is 11.2. The zero-order valence-corrected chi connectivity index (χ0v) is 19.4. The molecular weight excluding hydrogens is 471 g/mol. The lowest BCUT2D eigenvalue weighted by atomic mass is 10.2. The number of carbonyl (C=O) groups is 1. The lowest BCUT2D eigenvalue weighted by Gasteiger charge is -2.10. The smallest absolute Gasteiger partial charge is 0.258 e. The molecule has 0 aliphatic rings. The van der Waals surface area contributed by atoms with Gasteiger partial charge in [0.15, 0.2) is 6.61 Å². The van der Waals surface area contributed by atoms with Gasteiger partial charge >= 0.3 is 0 Å². The molecule has 0 radical (unpaired) electrons. The molecule has 168 valence electrons. The van der Waals surface area contributed by atoms with Crippen LogP contribution in [0.2, 0.25) is 10.0 Å². The molecule has 2 N–H and O–H groups in total. The Morgan fingerprint density at radius 2 is 1.66 bits per heavy atom. The van der Waals surface area contributed by atoms with Crippen molar-refractivity contribution in [3.05, 3.63) is 94.0 Å². The van der Waals surface area contributed by atoms with E-state index in [1.807, 2.05) is 30.3 Å². The first-order valence-electron chi connectivity index (χ1n) is 9.80. The Labute approximate surface area is 197 Å². The molecule has 1 amide bonds. The van der Waals surface area contributed by atoms with Gasteiger partial charge in [-0.2, -0.15) is 0 Å². The molecule has 0 spiro atoms. The minimum absolute atomic E-state index is 0.125. The van der Waals surface area contributed by atoms with E-state index in [-0.39, 0.29) is 24.0 Å². The van der Waals surface area contributed by atoms with Gasteiger partial charge in [0.25, 0.3) is 5.91 Å². The average Bonchev–Trinajstić information content (AvgIpc) is 2.78. The van der Waals surface area contributed by atoms with Gasteiger partial charge in [-0.05, 0) is 53.9 Å². The van der Waals surface area contributed by atoms with Crippen molar-refractivity contribution in [2.45, 2.75) is 17.9 Å². The molecule has 0 saturated carbocycles. The molecule has 0 aliphatic heterocycles. The van der Waals surface area contributed by atoms with Crippen LogP contribution in [0.3, 0.4) is 0 Å². The molecule has 9 heteroatoms. The molecule has 32 heavy (non-hydrogen) atoms. The quantitative estimate of drug-likeness (QED) is 0.443. The Kier molecular flexibility index (Phi) is 8.53. The number of hydrogen-bond donors (Lipinski definition) is 2. The summed E-state index contributed by atoms with van der Waals surface area (Å²) in [4.78, 5) is 12.1. The molecule has 0 aliphatic carbocycles. The van der Waals surface area contributed by atoms with E-state index in [9.17, 15) is 13.2 Å². The molecule has 3 rings (SSSR count). The van der Waals surface area contributed by atoms with Gasteiger partial charge in [0, 0.05) is 23.1 Å². The van der Waals surface area contributed by atoms with Crippen LogP contribution in [0.5, 0.6) is 5.75 Å². The van der Waals surface area contributed by atoms with Gasteiger partial charge in [-0.25, -0.2) is 13.1 Å².